The summed E-state index contributed by atoms with van der Waals surface area (Å²) in [7, 11) is 0. The fourth-order valence-electron chi connectivity index (χ4n) is 2.92. The van der Waals surface area contributed by atoms with Crippen LogP contribution in [0, 0.1) is 5.92 Å². The van der Waals surface area contributed by atoms with Gasteiger partial charge in [-0.1, -0.05) is 37.3 Å². The highest BCUT2D eigenvalue weighted by atomic mass is 35.5. The van der Waals surface area contributed by atoms with Crippen LogP contribution in [0.5, 0.6) is 0 Å². The van der Waals surface area contributed by atoms with Crippen LogP contribution >= 0.6 is 11.6 Å². The Bertz CT molecular complexity index is 551. The molecular weight excluding hydrogens is 270 g/mol. The Morgan fingerprint density at radius 3 is 2.70 bits per heavy atom. The Morgan fingerprint density at radius 2 is 2.05 bits per heavy atom. The van der Waals surface area contributed by atoms with Crippen LogP contribution in [0.4, 0.5) is 0 Å². The van der Waals surface area contributed by atoms with E-state index >= 15 is 0 Å². The normalized spacial score (nSPS) is 22.7. The molecule has 0 aliphatic heterocycles. The maximum Gasteiger partial charge on any atom is 0.193 e. The number of benzene rings is 1. The Hall–Kier alpha value is -1.25. The molecule has 0 saturated heterocycles. The van der Waals surface area contributed by atoms with Gasteiger partial charge >= 0.3 is 0 Å². The van der Waals surface area contributed by atoms with Gasteiger partial charge in [-0.25, -0.2) is 0 Å². The van der Waals surface area contributed by atoms with E-state index in [4.69, 9.17) is 16.0 Å². The third-order valence-corrected chi connectivity index (χ3v) is 4.21. The predicted molar refractivity (Wildman–Crippen MR) is 82.0 cm³/mol. The van der Waals surface area contributed by atoms with Gasteiger partial charge in [0.1, 0.15) is 5.76 Å². The molecular formula is C17H20ClNO. The first-order valence-electron chi connectivity index (χ1n) is 7.33. The quantitative estimate of drug-likeness (QED) is 0.828. The standard InChI is InChI=1S/C17H20ClNO/c1-2-10-19-17(15-8-9-16(18)20-15)14-11-13(14)12-6-4-3-5-7-12/h3-9,13-14,17,19H,2,10-11H2,1H3. The molecule has 2 nitrogen and oxygen atoms in total. The molecule has 1 aliphatic rings. The van der Waals surface area contributed by atoms with Crippen molar-refractivity contribution in [1.29, 1.82) is 0 Å². The van der Waals surface area contributed by atoms with Crippen LogP contribution in [0.3, 0.4) is 0 Å². The second-order valence-corrected chi connectivity index (χ2v) is 5.86. The average molecular weight is 290 g/mol. The molecule has 1 fully saturated rings. The summed E-state index contributed by atoms with van der Waals surface area (Å²) in [5.41, 5.74) is 1.43. The third-order valence-electron chi connectivity index (χ3n) is 4.01. The fraction of sp³-hybridized carbons (Fsp3) is 0.412. The summed E-state index contributed by atoms with van der Waals surface area (Å²) in [4.78, 5) is 0. The van der Waals surface area contributed by atoms with Gasteiger partial charge in [-0.2, -0.15) is 0 Å². The van der Waals surface area contributed by atoms with Gasteiger partial charge in [-0.05, 0) is 60.5 Å². The van der Waals surface area contributed by atoms with E-state index in [9.17, 15) is 0 Å². The van der Waals surface area contributed by atoms with Crippen molar-refractivity contribution in [2.45, 2.75) is 31.7 Å². The van der Waals surface area contributed by atoms with Gasteiger partial charge in [-0.3, -0.25) is 0 Å². The molecule has 0 bridgehead atoms. The van der Waals surface area contributed by atoms with Crippen LogP contribution in [-0.2, 0) is 0 Å². The monoisotopic (exact) mass is 289 g/mol. The van der Waals surface area contributed by atoms with Crippen LogP contribution in [0.1, 0.15) is 43.0 Å². The molecule has 1 aliphatic carbocycles. The smallest absolute Gasteiger partial charge is 0.193 e. The minimum Gasteiger partial charge on any atom is -0.448 e. The third kappa shape index (κ3) is 2.92. The van der Waals surface area contributed by atoms with Crippen LogP contribution in [0.15, 0.2) is 46.9 Å². The van der Waals surface area contributed by atoms with E-state index in [1.54, 1.807) is 0 Å². The highest BCUT2D eigenvalue weighted by Crippen LogP contribution is 2.54. The van der Waals surface area contributed by atoms with Gasteiger partial charge in [0.15, 0.2) is 5.22 Å². The molecule has 1 aromatic heterocycles. The molecule has 1 heterocycles. The summed E-state index contributed by atoms with van der Waals surface area (Å²) in [6.45, 7) is 3.18. The SMILES string of the molecule is CCCNC(c1ccc(Cl)o1)C1CC1c1ccccc1. The largest absolute Gasteiger partial charge is 0.448 e. The number of hydrogen-bond acceptors (Lipinski definition) is 2. The van der Waals surface area contributed by atoms with Crippen molar-refractivity contribution in [2.24, 2.45) is 5.92 Å². The van der Waals surface area contributed by atoms with E-state index in [-0.39, 0.29) is 6.04 Å². The van der Waals surface area contributed by atoms with Gasteiger partial charge in [0.05, 0.1) is 6.04 Å². The van der Waals surface area contributed by atoms with E-state index in [1.165, 1.54) is 12.0 Å². The average Bonchev–Trinajstić information content (AvgIpc) is 3.15. The van der Waals surface area contributed by atoms with Crippen molar-refractivity contribution >= 4 is 11.6 Å². The van der Waals surface area contributed by atoms with Crippen LogP contribution in [0.25, 0.3) is 0 Å². The van der Waals surface area contributed by atoms with E-state index in [2.05, 4.69) is 42.6 Å². The Labute approximate surface area is 125 Å². The number of furan rings is 1. The lowest BCUT2D eigenvalue weighted by Gasteiger charge is -2.16. The van der Waals surface area contributed by atoms with Gasteiger partial charge in [-0.15, -0.1) is 0 Å². The van der Waals surface area contributed by atoms with Crippen molar-refractivity contribution in [1.82, 2.24) is 5.32 Å². The summed E-state index contributed by atoms with van der Waals surface area (Å²) in [6, 6.07) is 14.8. The second-order valence-electron chi connectivity index (χ2n) is 5.49. The first kappa shape index (κ1) is 13.7. The van der Waals surface area contributed by atoms with E-state index in [0.717, 1.165) is 18.7 Å². The molecule has 3 heteroatoms. The van der Waals surface area contributed by atoms with E-state index < -0.39 is 0 Å². The molecule has 3 unspecified atom stereocenters. The van der Waals surface area contributed by atoms with Crippen molar-refractivity contribution in [3.05, 3.63) is 59.0 Å². The van der Waals surface area contributed by atoms with E-state index in [0.29, 0.717) is 17.1 Å². The van der Waals surface area contributed by atoms with Crippen LogP contribution in [0.2, 0.25) is 5.22 Å². The molecule has 0 amide bonds. The fourth-order valence-corrected chi connectivity index (χ4v) is 3.08. The van der Waals surface area contributed by atoms with Crippen molar-refractivity contribution in [3.63, 3.8) is 0 Å². The minimum atomic E-state index is 0.271. The highest BCUT2D eigenvalue weighted by molar-refractivity contribution is 6.28. The van der Waals surface area contributed by atoms with Crippen molar-refractivity contribution in [3.8, 4) is 0 Å². The van der Waals surface area contributed by atoms with E-state index in [1.807, 2.05) is 12.1 Å². The number of rotatable bonds is 6. The predicted octanol–water partition coefficient (Wildman–Crippen LogP) is 4.78. The van der Waals surface area contributed by atoms with Gasteiger partial charge < -0.3 is 9.73 Å². The summed E-state index contributed by atoms with van der Waals surface area (Å²) >= 11 is 5.92. The Kier molecular flexibility index (Phi) is 4.13. The molecule has 20 heavy (non-hydrogen) atoms. The number of nitrogens with one attached hydrogen (secondary N) is 1. The maximum atomic E-state index is 5.92. The molecule has 1 N–H and O–H groups in total. The summed E-state index contributed by atoms with van der Waals surface area (Å²) < 4.78 is 5.63. The Morgan fingerprint density at radius 1 is 1.25 bits per heavy atom. The molecule has 3 atom stereocenters. The molecule has 0 radical (unpaired) electrons. The maximum absolute atomic E-state index is 5.92. The Balaban J connectivity index is 1.74. The molecule has 3 rings (SSSR count). The van der Waals surface area contributed by atoms with Gasteiger partial charge in [0.2, 0.25) is 0 Å². The summed E-state index contributed by atoms with van der Waals surface area (Å²) in [5.74, 6) is 2.20. The number of hydrogen-bond donors (Lipinski definition) is 1. The van der Waals surface area contributed by atoms with Crippen molar-refractivity contribution in [2.75, 3.05) is 6.54 Å². The first-order valence-corrected chi connectivity index (χ1v) is 7.71. The summed E-state index contributed by atoms with van der Waals surface area (Å²) in [6.07, 6.45) is 2.33. The molecule has 1 saturated carbocycles. The lowest BCUT2D eigenvalue weighted by atomic mass is 10.0. The molecule has 2 aromatic rings. The zero-order chi connectivity index (χ0) is 13.9. The molecule has 0 spiro atoms. The molecule has 106 valence electrons. The number of halogens is 1. The lowest BCUT2D eigenvalue weighted by Crippen LogP contribution is -2.24. The van der Waals surface area contributed by atoms with Crippen LogP contribution in [-0.4, -0.2) is 6.54 Å². The lowest BCUT2D eigenvalue weighted by molar-refractivity contribution is 0.379. The van der Waals surface area contributed by atoms with Crippen LogP contribution < -0.4 is 5.32 Å². The highest BCUT2D eigenvalue weighted by Gasteiger charge is 2.45. The topological polar surface area (TPSA) is 25.2 Å². The first-order chi connectivity index (χ1) is 9.79. The molecule has 1 aromatic carbocycles. The zero-order valence-electron chi connectivity index (χ0n) is 11.7. The zero-order valence-corrected chi connectivity index (χ0v) is 12.4. The van der Waals surface area contributed by atoms with Gasteiger partial charge in [0.25, 0.3) is 0 Å². The minimum absolute atomic E-state index is 0.271. The van der Waals surface area contributed by atoms with Gasteiger partial charge in [0, 0.05) is 0 Å². The second kappa shape index (κ2) is 6.02. The summed E-state index contributed by atoms with van der Waals surface area (Å²) in [5, 5.41) is 4.08. The van der Waals surface area contributed by atoms with Crippen molar-refractivity contribution < 1.29 is 4.42 Å².